The van der Waals surface area contributed by atoms with Gasteiger partial charge in [0.25, 0.3) is 5.91 Å². The standard InChI is InChI=1S/C21H22FN7O2/c1-23-20(30)15-7-14(19(22)17(8-15)31-2)4-3-13-9-24-21(25-10-13)27-16-5-6-18-28-26-12-29(18)11-16/h7-12H,3-6H2,1-2H3,(H,23,30)(H,24,25,27). The molecular formula is C21H22FN7O2. The van der Waals surface area contributed by atoms with E-state index in [4.69, 9.17) is 4.74 Å². The molecule has 31 heavy (non-hydrogen) atoms. The molecule has 2 N–H and O–H groups in total. The van der Waals surface area contributed by atoms with Crippen LogP contribution in [0, 0.1) is 5.82 Å². The zero-order chi connectivity index (χ0) is 21.8. The van der Waals surface area contributed by atoms with E-state index in [-0.39, 0.29) is 11.7 Å². The number of halogens is 1. The molecule has 4 rings (SSSR count). The van der Waals surface area contributed by atoms with Crippen LogP contribution in [0.25, 0.3) is 6.20 Å². The lowest BCUT2D eigenvalue weighted by Crippen LogP contribution is -2.18. The van der Waals surface area contributed by atoms with Crippen molar-refractivity contribution in [1.82, 2.24) is 30.0 Å². The van der Waals surface area contributed by atoms with E-state index in [0.717, 1.165) is 29.9 Å². The van der Waals surface area contributed by atoms with Crippen LogP contribution in [0.5, 0.6) is 5.75 Å². The molecule has 1 amide bonds. The van der Waals surface area contributed by atoms with Crippen LogP contribution in [0.1, 0.15) is 33.7 Å². The Balaban J connectivity index is 1.43. The molecule has 1 aliphatic heterocycles. The number of nitrogens with one attached hydrogen (secondary N) is 2. The van der Waals surface area contributed by atoms with Gasteiger partial charge in [0.2, 0.25) is 5.95 Å². The second-order valence-electron chi connectivity index (χ2n) is 7.08. The summed E-state index contributed by atoms with van der Waals surface area (Å²) in [6, 6.07) is 2.94. The zero-order valence-electron chi connectivity index (χ0n) is 17.2. The Kier molecular flexibility index (Phi) is 5.87. The summed E-state index contributed by atoms with van der Waals surface area (Å²) in [6.07, 6.45) is 9.49. The Labute approximate surface area is 178 Å². The predicted octanol–water partition coefficient (Wildman–Crippen LogP) is 2.22. The molecule has 3 heterocycles. The number of methoxy groups -OCH3 is 1. The van der Waals surface area contributed by atoms with E-state index in [1.54, 1.807) is 24.8 Å². The number of rotatable bonds is 7. The van der Waals surface area contributed by atoms with Crippen LogP contribution in [-0.4, -0.2) is 44.8 Å². The summed E-state index contributed by atoms with van der Waals surface area (Å²) in [5.41, 5.74) is 2.58. The van der Waals surface area contributed by atoms with Crippen LogP contribution in [0.15, 0.2) is 36.6 Å². The van der Waals surface area contributed by atoms with Gasteiger partial charge in [0.1, 0.15) is 12.2 Å². The molecule has 2 aromatic heterocycles. The topological polar surface area (TPSA) is 107 Å². The average molecular weight is 423 g/mol. The molecule has 0 saturated heterocycles. The number of hydrogen-bond donors (Lipinski definition) is 2. The minimum atomic E-state index is -0.466. The minimum Gasteiger partial charge on any atom is -0.494 e. The highest BCUT2D eigenvalue weighted by Gasteiger charge is 2.16. The second kappa shape index (κ2) is 8.90. The van der Waals surface area contributed by atoms with Crippen LogP contribution in [0.3, 0.4) is 0 Å². The highest BCUT2D eigenvalue weighted by molar-refractivity contribution is 5.94. The summed E-state index contributed by atoms with van der Waals surface area (Å²) in [5, 5.41) is 13.7. The van der Waals surface area contributed by atoms with Crippen LogP contribution >= 0.6 is 0 Å². The lowest BCUT2D eigenvalue weighted by molar-refractivity contribution is 0.0962. The van der Waals surface area contributed by atoms with Gasteiger partial charge in [-0.25, -0.2) is 14.4 Å². The molecule has 9 nitrogen and oxygen atoms in total. The summed E-state index contributed by atoms with van der Waals surface area (Å²) in [6.45, 7) is 0. The molecule has 0 unspecified atom stereocenters. The lowest BCUT2D eigenvalue weighted by Gasteiger charge is -2.15. The highest BCUT2D eigenvalue weighted by Crippen LogP contribution is 2.24. The Morgan fingerprint density at radius 1 is 1.23 bits per heavy atom. The summed E-state index contributed by atoms with van der Waals surface area (Å²) in [5.74, 6) is 0.692. The monoisotopic (exact) mass is 423 g/mol. The van der Waals surface area contributed by atoms with E-state index in [1.165, 1.54) is 20.2 Å². The number of aryl methyl sites for hydroxylation is 3. The maximum Gasteiger partial charge on any atom is 0.251 e. The fraction of sp³-hybridized carbons (Fsp3) is 0.286. The average Bonchev–Trinajstić information content (AvgIpc) is 3.26. The van der Waals surface area contributed by atoms with E-state index >= 15 is 0 Å². The fourth-order valence-electron chi connectivity index (χ4n) is 3.36. The van der Waals surface area contributed by atoms with E-state index in [1.807, 2.05) is 10.8 Å². The van der Waals surface area contributed by atoms with Crippen LogP contribution < -0.4 is 15.4 Å². The van der Waals surface area contributed by atoms with Gasteiger partial charge >= 0.3 is 0 Å². The third-order valence-electron chi connectivity index (χ3n) is 5.04. The van der Waals surface area contributed by atoms with E-state index in [9.17, 15) is 9.18 Å². The van der Waals surface area contributed by atoms with Crippen molar-refractivity contribution in [2.45, 2.75) is 25.7 Å². The van der Waals surface area contributed by atoms with Gasteiger partial charge in [-0.2, -0.15) is 0 Å². The smallest absolute Gasteiger partial charge is 0.251 e. The number of allylic oxidation sites excluding steroid dienone is 1. The van der Waals surface area contributed by atoms with Crippen molar-refractivity contribution in [3.8, 4) is 5.75 Å². The van der Waals surface area contributed by atoms with E-state index in [2.05, 4.69) is 30.8 Å². The van der Waals surface area contributed by atoms with Gasteiger partial charge in [-0.1, -0.05) is 0 Å². The molecule has 0 aliphatic carbocycles. The first kappa shape index (κ1) is 20.5. The maximum absolute atomic E-state index is 14.6. The molecule has 10 heteroatoms. The van der Waals surface area contributed by atoms with Crippen LogP contribution in [-0.2, 0) is 19.3 Å². The summed E-state index contributed by atoms with van der Waals surface area (Å²) >= 11 is 0. The van der Waals surface area contributed by atoms with Crippen LogP contribution in [0.2, 0.25) is 0 Å². The molecule has 1 aromatic carbocycles. The number of nitrogens with zero attached hydrogens (tertiary/aromatic N) is 5. The van der Waals surface area contributed by atoms with E-state index in [0.29, 0.717) is 29.9 Å². The number of benzene rings is 1. The van der Waals surface area contributed by atoms with Gasteiger partial charge in [0.05, 0.1) is 7.11 Å². The van der Waals surface area contributed by atoms with Crippen LogP contribution in [0.4, 0.5) is 10.3 Å². The van der Waals surface area contributed by atoms with Gasteiger partial charge in [0.15, 0.2) is 11.6 Å². The predicted molar refractivity (Wildman–Crippen MR) is 112 cm³/mol. The molecule has 1 aliphatic rings. The first-order chi connectivity index (χ1) is 15.1. The molecule has 0 spiro atoms. The summed E-state index contributed by atoms with van der Waals surface area (Å²) in [4.78, 5) is 20.7. The van der Waals surface area contributed by atoms with Gasteiger partial charge in [-0.15, -0.1) is 10.2 Å². The molecule has 0 fully saturated rings. The Morgan fingerprint density at radius 3 is 2.77 bits per heavy atom. The third-order valence-corrected chi connectivity index (χ3v) is 5.04. The molecule has 0 saturated carbocycles. The third kappa shape index (κ3) is 4.52. The second-order valence-corrected chi connectivity index (χ2v) is 7.08. The SMILES string of the molecule is CNC(=O)c1cc(CCc2cnc(NC3=Cn4cnnc4CC3)nc2)c(F)c(OC)c1. The number of hydrogen-bond acceptors (Lipinski definition) is 7. The lowest BCUT2D eigenvalue weighted by atomic mass is 10.0. The van der Waals surface area contributed by atoms with E-state index < -0.39 is 5.82 Å². The normalized spacial score (nSPS) is 12.7. The van der Waals surface area contributed by atoms with Gasteiger partial charge in [-0.3, -0.25) is 9.36 Å². The first-order valence-corrected chi connectivity index (χ1v) is 9.83. The van der Waals surface area contributed by atoms with Crippen molar-refractivity contribution in [2.75, 3.05) is 19.5 Å². The zero-order valence-corrected chi connectivity index (χ0v) is 17.2. The summed E-state index contributed by atoms with van der Waals surface area (Å²) < 4.78 is 21.6. The molecule has 160 valence electrons. The summed E-state index contributed by atoms with van der Waals surface area (Å²) in [7, 11) is 2.90. The molecule has 0 bridgehead atoms. The van der Waals surface area contributed by atoms with Gasteiger partial charge in [0, 0.05) is 43.3 Å². The number of carbonyl (C=O) groups excluding carboxylic acids is 1. The number of fused-ring (bicyclic) bond motifs is 1. The van der Waals surface area contributed by atoms with Crippen molar-refractivity contribution < 1.29 is 13.9 Å². The first-order valence-electron chi connectivity index (χ1n) is 9.83. The van der Waals surface area contributed by atoms with Crippen molar-refractivity contribution in [3.63, 3.8) is 0 Å². The fourth-order valence-corrected chi connectivity index (χ4v) is 3.36. The van der Waals surface area contributed by atoms with Gasteiger partial charge < -0.3 is 15.4 Å². The molecule has 0 atom stereocenters. The van der Waals surface area contributed by atoms with Crippen molar-refractivity contribution in [2.24, 2.45) is 0 Å². The minimum absolute atomic E-state index is 0.0453. The van der Waals surface area contributed by atoms with Gasteiger partial charge in [-0.05, 0) is 42.5 Å². The Morgan fingerprint density at radius 2 is 2.03 bits per heavy atom. The van der Waals surface area contributed by atoms with Crippen molar-refractivity contribution in [1.29, 1.82) is 0 Å². The largest absolute Gasteiger partial charge is 0.494 e. The number of carbonyl (C=O) groups is 1. The Hall–Kier alpha value is -3.82. The van der Waals surface area contributed by atoms with Crippen molar-refractivity contribution >= 4 is 18.1 Å². The quantitative estimate of drug-likeness (QED) is 0.600. The molecule has 0 radical (unpaired) electrons. The molecule has 3 aromatic rings. The number of amides is 1. The number of ether oxygens (including phenoxy) is 1. The van der Waals surface area contributed by atoms with Crippen molar-refractivity contribution in [3.05, 3.63) is 64.9 Å². The number of anilines is 1. The maximum atomic E-state index is 14.6. The number of aromatic nitrogens is 5. The molecular weight excluding hydrogens is 401 g/mol. The highest BCUT2D eigenvalue weighted by atomic mass is 19.1. The Bertz CT molecular complexity index is 1130.